The largest absolute Gasteiger partial charge is 0.379 e. The number of hydrogen-bond acceptors (Lipinski definition) is 6. The maximum Gasteiger partial charge on any atom is 0.292 e. The van der Waals surface area contributed by atoms with Gasteiger partial charge in [0.1, 0.15) is 11.5 Å². The Kier molecular flexibility index (Phi) is 6.23. The van der Waals surface area contributed by atoms with Crippen molar-refractivity contribution in [2.24, 2.45) is 0 Å². The van der Waals surface area contributed by atoms with Crippen LogP contribution in [0.4, 0.5) is 17.2 Å². The highest BCUT2D eigenvalue weighted by Gasteiger charge is 2.21. The summed E-state index contributed by atoms with van der Waals surface area (Å²) in [5.41, 5.74) is 0.446. The molecule has 1 saturated heterocycles. The summed E-state index contributed by atoms with van der Waals surface area (Å²) in [5.74, 6) is 0.952. The molecule has 0 unspecified atom stereocenters. The van der Waals surface area contributed by atoms with E-state index in [1.807, 2.05) is 17.0 Å². The predicted octanol–water partition coefficient (Wildman–Crippen LogP) is 2.90. The lowest BCUT2D eigenvalue weighted by atomic mass is 10.2. The lowest BCUT2D eigenvalue weighted by molar-refractivity contribution is -0.384. The van der Waals surface area contributed by atoms with Crippen LogP contribution >= 0.6 is 15.9 Å². The van der Waals surface area contributed by atoms with E-state index in [0.29, 0.717) is 31.7 Å². The summed E-state index contributed by atoms with van der Waals surface area (Å²) >= 11 is 3.37. The maximum atomic E-state index is 12.4. The molecular weight excluding hydrogens is 414 g/mol. The average Bonchev–Trinajstić information content (AvgIpc) is 2.69. The van der Waals surface area contributed by atoms with Gasteiger partial charge in [0.2, 0.25) is 5.91 Å². The molecule has 0 spiro atoms. The third-order valence-corrected chi connectivity index (χ3v) is 4.89. The quantitative estimate of drug-likeness (QED) is 0.556. The van der Waals surface area contributed by atoms with Crippen molar-refractivity contribution in [2.75, 3.05) is 42.9 Å². The highest BCUT2D eigenvalue weighted by Crippen LogP contribution is 2.23. The van der Waals surface area contributed by atoms with Crippen molar-refractivity contribution in [2.45, 2.75) is 6.42 Å². The highest BCUT2D eigenvalue weighted by molar-refractivity contribution is 9.10. The number of rotatable bonds is 6. The molecule has 0 radical (unpaired) electrons. The van der Waals surface area contributed by atoms with E-state index < -0.39 is 4.92 Å². The monoisotopic (exact) mass is 433 g/mol. The van der Waals surface area contributed by atoms with Crippen molar-refractivity contribution in [1.82, 2.24) is 9.88 Å². The summed E-state index contributed by atoms with van der Waals surface area (Å²) in [6.07, 6.45) is 2.06. The fourth-order valence-electron chi connectivity index (χ4n) is 2.98. The van der Waals surface area contributed by atoms with E-state index >= 15 is 0 Å². The van der Waals surface area contributed by atoms with Gasteiger partial charge in [0.25, 0.3) is 5.69 Å². The fourth-order valence-corrected chi connectivity index (χ4v) is 3.22. The van der Waals surface area contributed by atoms with Crippen LogP contribution < -0.4 is 10.2 Å². The van der Waals surface area contributed by atoms with E-state index in [2.05, 4.69) is 31.1 Å². The Morgan fingerprint density at radius 2 is 1.93 bits per heavy atom. The first-order valence-electron chi connectivity index (χ1n) is 8.66. The highest BCUT2D eigenvalue weighted by atomic mass is 79.9. The molecule has 9 heteroatoms. The number of carbonyl (C=O) groups is 1. The van der Waals surface area contributed by atoms with Gasteiger partial charge in [0.15, 0.2) is 0 Å². The Balaban J connectivity index is 1.46. The van der Waals surface area contributed by atoms with E-state index in [0.717, 1.165) is 23.4 Å². The average molecular weight is 434 g/mol. The molecule has 2 heterocycles. The van der Waals surface area contributed by atoms with Gasteiger partial charge in [0.05, 0.1) is 4.92 Å². The number of nitrogens with one attached hydrogen (secondary N) is 1. The number of anilines is 2. The molecule has 0 saturated carbocycles. The third kappa shape index (κ3) is 4.94. The summed E-state index contributed by atoms with van der Waals surface area (Å²) in [5, 5.41) is 14.0. The number of piperazine rings is 1. The smallest absolute Gasteiger partial charge is 0.292 e. The van der Waals surface area contributed by atoms with Gasteiger partial charge in [-0.3, -0.25) is 14.9 Å². The fraction of sp³-hybridized carbons (Fsp3) is 0.333. The summed E-state index contributed by atoms with van der Waals surface area (Å²) in [6.45, 7) is 3.11. The Labute approximate surface area is 165 Å². The van der Waals surface area contributed by atoms with Crippen LogP contribution in [0.25, 0.3) is 0 Å². The minimum atomic E-state index is -0.431. The van der Waals surface area contributed by atoms with Crippen LogP contribution in [-0.4, -0.2) is 53.4 Å². The minimum absolute atomic E-state index is 0.0144. The zero-order valence-electron chi connectivity index (χ0n) is 14.7. The zero-order valence-corrected chi connectivity index (χ0v) is 16.3. The molecule has 8 nitrogen and oxygen atoms in total. The number of nitro benzene ring substituents is 1. The SMILES string of the molecule is O=C(CCNc1ccccc1[N+](=O)[O-])N1CCN(c2ccc(Br)cn2)CC1. The molecule has 0 aliphatic carbocycles. The van der Waals surface area contributed by atoms with Crippen molar-refractivity contribution >= 4 is 39.0 Å². The number of para-hydroxylation sites is 2. The van der Waals surface area contributed by atoms with E-state index in [1.54, 1.807) is 24.4 Å². The van der Waals surface area contributed by atoms with Crippen LogP contribution in [0.1, 0.15) is 6.42 Å². The number of amides is 1. The van der Waals surface area contributed by atoms with E-state index in [9.17, 15) is 14.9 Å². The second-order valence-corrected chi connectivity index (χ2v) is 7.07. The number of hydrogen-bond donors (Lipinski definition) is 1. The van der Waals surface area contributed by atoms with Gasteiger partial charge in [-0.2, -0.15) is 0 Å². The first-order chi connectivity index (χ1) is 13.0. The summed E-state index contributed by atoms with van der Waals surface area (Å²) in [6, 6.07) is 10.3. The van der Waals surface area contributed by atoms with Gasteiger partial charge in [-0.15, -0.1) is 0 Å². The number of halogens is 1. The molecule has 1 aromatic carbocycles. The number of aromatic nitrogens is 1. The van der Waals surface area contributed by atoms with Crippen LogP contribution in [0.15, 0.2) is 47.1 Å². The standard InChI is InChI=1S/C18H20BrN5O3/c19-14-5-6-17(21-13-14)22-9-11-23(12-10-22)18(25)7-8-20-15-3-1-2-4-16(15)24(26)27/h1-6,13,20H,7-12H2. The molecule has 3 rings (SSSR count). The Bertz CT molecular complexity index is 807. The number of nitrogens with zero attached hydrogens (tertiary/aromatic N) is 4. The molecule has 142 valence electrons. The third-order valence-electron chi connectivity index (χ3n) is 4.42. The molecule has 1 amide bonds. The van der Waals surface area contributed by atoms with E-state index in [1.165, 1.54) is 6.07 Å². The van der Waals surface area contributed by atoms with Gasteiger partial charge in [0, 0.05) is 55.9 Å². The van der Waals surface area contributed by atoms with E-state index in [-0.39, 0.29) is 11.6 Å². The summed E-state index contributed by atoms with van der Waals surface area (Å²) in [7, 11) is 0. The van der Waals surface area contributed by atoms with Crippen LogP contribution in [0, 0.1) is 10.1 Å². The topological polar surface area (TPSA) is 91.6 Å². The molecule has 0 bridgehead atoms. The summed E-state index contributed by atoms with van der Waals surface area (Å²) in [4.78, 5) is 31.4. The Hall–Kier alpha value is -2.68. The van der Waals surface area contributed by atoms with Gasteiger partial charge in [-0.05, 0) is 34.1 Å². The second-order valence-electron chi connectivity index (χ2n) is 6.15. The Morgan fingerprint density at radius 3 is 2.59 bits per heavy atom. The lowest BCUT2D eigenvalue weighted by Gasteiger charge is -2.35. The molecule has 0 atom stereocenters. The second kappa shape index (κ2) is 8.81. The predicted molar refractivity (Wildman–Crippen MR) is 107 cm³/mol. The molecule has 1 fully saturated rings. The van der Waals surface area contributed by atoms with Gasteiger partial charge in [-0.25, -0.2) is 4.98 Å². The molecule has 27 heavy (non-hydrogen) atoms. The number of benzene rings is 1. The minimum Gasteiger partial charge on any atom is -0.379 e. The van der Waals surface area contributed by atoms with Gasteiger partial charge in [-0.1, -0.05) is 12.1 Å². The van der Waals surface area contributed by atoms with Crippen LogP contribution in [0.2, 0.25) is 0 Å². The maximum absolute atomic E-state index is 12.4. The van der Waals surface area contributed by atoms with E-state index in [4.69, 9.17) is 0 Å². The van der Waals surface area contributed by atoms with Crippen molar-refractivity contribution in [1.29, 1.82) is 0 Å². The lowest BCUT2D eigenvalue weighted by Crippen LogP contribution is -2.49. The molecule has 2 aromatic rings. The van der Waals surface area contributed by atoms with Gasteiger partial charge >= 0.3 is 0 Å². The van der Waals surface area contributed by atoms with Crippen molar-refractivity contribution in [3.63, 3.8) is 0 Å². The molecular formula is C18H20BrN5O3. The van der Waals surface area contributed by atoms with Crippen LogP contribution in [-0.2, 0) is 4.79 Å². The van der Waals surface area contributed by atoms with Crippen molar-refractivity contribution in [3.8, 4) is 0 Å². The number of pyridine rings is 1. The zero-order chi connectivity index (χ0) is 19.2. The molecule has 1 aliphatic heterocycles. The van der Waals surface area contributed by atoms with Gasteiger partial charge < -0.3 is 15.1 Å². The first kappa shape index (κ1) is 19.1. The molecule has 1 aromatic heterocycles. The normalized spacial score (nSPS) is 14.1. The van der Waals surface area contributed by atoms with Crippen molar-refractivity contribution in [3.05, 3.63) is 57.2 Å². The molecule has 1 N–H and O–H groups in total. The van der Waals surface area contributed by atoms with Crippen LogP contribution in [0.3, 0.4) is 0 Å². The Morgan fingerprint density at radius 1 is 1.19 bits per heavy atom. The van der Waals surface area contributed by atoms with Crippen LogP contribution in [0.5, 0.6) is 0 Å². The number of nitro groups is 1. The first-order valence-corrected chi connectivity index (χ1v) is 9.45. The summed E-state index contributed by atoms with van der Waals surface area (Å²) < 4.78 is 0.936. The van der Waals surface area contributed by atoms with Crippen molar-refractivity contribution < 1.29 is 9.72 Å². The number of carbonyl (C=O) groups excluding carboxylic acids is 1. The molecule has 1 aliphatic rings.